The molecule has 0 fully saturated rings. The van der Waals surface area contributed by atoms with Gasteiger partial charge in [-0.1, -0.05) is 19.9 Å². The van der Waals surface area contributed by atoms with Crippen LogP contribution >= 0.6 is 0 Å². The maximum Gasteiger partial charge on any atom is 0.188 e. The number of hydrogen-bond acceptors (Lipinski definition) is 3. The van der Waals surface area contributed by atoms with E-state index in [0.29, 0.717) is 29.9 Å². The summed E-state index contributed by atoms with van der Waals surface area (Å²) in [4.78, 5) is 4.28. The van der Waals surface area contributed by atoms with E-state index in [0.717, 1.165) is 12.1 Å². The molecule has 0 aliphatic rings. The van der Waals surface area contributed by atoms with E-state index < -0.39 is 0 Å². The molecule has 1 rings (SSSR count). The number of benzene rings is 1. The van der Waals surface area contributed by atoms with Crippen molar-refractivity contribution in [3.05, 3.63) is 23.8 Å². The second kappa shape index (κ2) is 7.51. The number of nitrogens with one attached hydrogen (secondary N) is 1. The van der Waals surface area contributed by atoms with Crippen LogP contribution in [0.4, 0.5) is 0 Å². The van der Waals surface area contributed by atoms with Gasteiger partial charge in [-0.3, -0.25) is 0 Å². The fraction of sp³-hybridized carbons (Fsp3) is 0.500. The van der Waals surface area contributed by atoms with Gasteiger partial charge in [0.25, 0.3) is 0 Å². The van der Waals surface area contributed by atoms with Gasteiger partial charge in [0.15, 0.2) is 17.5 Å². The molecule has 0 bridgehead atoms. The third-order valence-electron chi connectivity index (χ3n) is 2.57. The predicted molar refractivity (Wildman–Crippen MR) is 77.7 cm³/mol. The summed E-state index contributed by atoms with van der Waals surface area (Å²) >= 11 is 0. The van der Waals surface area contributed by atoms with E-state index in [9.17, 15) is 0 Å². The molecule has 0 radical (unpaired) electrons. The van der Waals surface area contributed by atoms with E-state index in [-0.39, 0.29) is 0 Å². The zero-order valence-corrected chi connectivity index (χ0v) is 12.1. The molecule has 0 saturated heterocycles. The quantitative estimate of drug-likeness (QED) is 0.607. The molecule has 0 aromatic heterocycles. The molecule has 19 heavy (non-hydrogen) atoms. The molecule has 0 atom stereocenters. The molecule has 3 N–H and O–H groups in total. The van der Waals surface area contributed by atoms with Gasteiger partial charge in [-0.15, -0.1) is 0 Å². The standard InChI is InChI=1S/C14H23N3O2/c1-10(2)8-16-14(15)17-9-11-5-6-12(18-3)13(7-11)19-4/h5-7,10H,8-9H2,1-4H3,(H3,15,16,17). The zero-order chi connectivity index (χ0) is 14.3. The molecule has 5 heteroatoms. The average Bonchev–Trinajstić information content (AvgIpc) is 2.42. The Bertz CT molecular complexity index is 431. The van der Waals surface area contributed by atoms with Crippen LogP contribution in [0.2, 0.25) is 0 Å². The number of hydrogen-bond donors (Lipinski definition) is 2. The maximum absolute atomic E-state index is 5.78. The van der Waals surface area contributed by atoms with E-state index in [4.69, 9.17) is 15.2 Å². The van der Waals surface area contributed by atoms with Gasteiger partial charge in [0.2, 0.25) is 0 Å². The van der Waals surface area contributed by atoms with Crippen molar-refractivity contribution in [2.75, 3.05) is 20.8 Å². The van der Waals surface area contributed by atoms with Crippen molar-refractivity contribution in [1.82, 2.24) is 5.32 Å². The molecule has 5 nitrogen and oxygen atoms in total. The first-order valence-electron chi connectivity index (χ1n) is 6.31. The van der Waals surface area contributed by atoms with Crippen LogP contribution in [0.3, 0.4) is 0 Å². The van der Waals surface area contributed by atoms with Crippen molar-refractivity contribution >= 4 is 5.96 Å². The van der Waals surface area contributed by atoms with Crippen LogP contribution in [0.15, 0.2) is 23.2 Å². The number of rotatable bonds is 6. The Morgan fingerprint density at radius 2 is 1.95 bits per heavy atom. The Morgan fingerprint density at radius 3 is 2.53 bits per heavy atom. The smallest absolute Gasteiger partial charge is 0.188 e. The number of methoxy groups -OCH3 is 2. The second-order valence-electron chi connectivity index (χ2n) is 4.67. The van der Waals surface area contributed by atoms with E-state index in [1.54, 1.807) is 14.2 Å². The Labute approximate surface area is 114 Å². The number of ether oxygens (including phenoxy) is 2. The molecule has 0 spiro atoms. The monoisotopic (exact) mass is 265 g/mol. The lowest BCUT2D eigenvalue weighted by molar-refractivity contribution is 0.354. The number of nitrogens with two attached hydrogens (primary N) is 1. The van der Waals surface area contributed by atoms with Gasteiger partial charge in [-0.2, -0.15) is 0 Å². The Balaban J connectivity index is 2.64. The Morgan fingerprint density at radius 1 is 1.26 bits per heavy atom. The van der Waals surface area contributed by atoms with Crippen molar-refractivity contribution in [1.29, 1.82) is 0 Å². The Hall–Kier alpha value is -1.91. The highest BCUT2D eigenvalue weighted by Gasteiger charge is 2.04. The second-order valence-corrected chi connectivity index (χ2v) is 4.67. The maximum atomic E-state index is 5.78. The lowest BCUT2D eigenvalue weighted by atomic mass is 10.2. The van der Waals surface area contributed by atoms with Gasteiger partial charge >= 0.3 is 0 Å². The molecule has 0 saturated carbocycles. The van der Waals surface area contributed by atoms with E-state index in [1.165, 1.54) is 0 Å². The minimum Gasteiger partial charge on any atom is -0.493 e. The molecule has 106 valence electrons. The first-order valence-corrected chi connectivity index (χ1v) is 6.31. The summed E-state index contributed by atoms with van der Waals surface area (Å²) in [5.74, 6) is 2.41. The average molecular weight is 265 g/mol. The van der Waals surface area contributed by atoms with Gasteiger partial charge in [0, 0.05) is 6.54 Å². The molecule has 0 unspecified atom stereocenters. The predicted octanol–water partition coefficient (Wildman–Crippen LogP) is 1.76. The molecule has 1 aromatic carbocycles. The third-order valence-corrected chi connectivity index (χ3v) is 2.57. The van der Waals surface area contributed by atoms with Crippen LogP contribution in [-0.4, -0.2) is 26.7 Å². The first-order chi connectivity index (χ1) is 9.06. The summed E-state index contributed by atoms with van der Waals surface area (Å²) in [5.41, 5.74) is 6.80. The first kappa shape index (κ1) is 15.1. The van der Waals surface area contributed by atoms with E-state index >= 15 is 0 Å². The van der Waals surface area contributed by atoms with Crippen LogP contribution in [0.5, 0.6) is 11.5 Å². The number of aliphatic imine (C=N–C) groups is 1. The van der Waals surface area contributed by atoms with Crippen LogP contribution in [0.25, 0.3) is 0 Å². The van der Waals surface area contributed by atoms with Crippen LogP contribution in [-0.2, 0) is 6.54 Å². The molecular weight excluding hydrogens is 242 g/mol. The number of guanidine groups is 1. The topological polar surface area (TPSA) is 68.9 Å². The minimum absolute atomic E-state index is 0.462. The van der Waals surface area contributed by atoms with Crippen molar-refractivity contribution in [2.24, 2.45) is 16.6 Å². The van der Waals surface area contributed by atoms with Gasteiger partial charge in [0.1, 0.15) is 0 Å². The van der Waals surface area contributed by atoms with Crippen molar-refractivity contribution in [3.8, 4) is 11.5 Å². The molecular formula is C14H23N3O2. The summed E-state index contributed by atoms with van der Waals surface area (Å²) in [6.07, 6.45) is 0. The van der Waals surface area contributed by atoms with Crippen molar-refractivity contribution in [3.63, 3.8) is 0 Å². The molecule has 0 aliphatic carbocycles. The molecule has 0 heterocycles. The number of nitrogens with zero attached hydrogens (tertiary/aromatic N) is 1. The largest absolute Gasteiger partial charge is 0.493 e. The van der Waals surface area contributed by atoms with Crippen LogP contribution < -0.4 is 20.5 Å². The normalized spacial score (nSPS) is 11.5. The molecule has 0 aliphatic heterocycles. The van der Waals surface area contributed by atoms with Gasteiger partial charge in [-0.05, 0) is 23.6 Å². The van der Waals surface area contributed by atoms with Gasteiger partial charge in [0.05, 0.1) is 20.8 Å². The lowest BCUT2D eigenvalue weighted by Crippen LogP contribution is -2.34. The fourth-order valence-corrected chi connectivity index (χ4v) is 1.52. The van der Waals surface area contributed by atoms with Gasteiger partial charge in [-0.25, -0.2) is 4.99 Å². The fourth-order valence-electron chi connectivity index (χ4n) is 1.52. The lowest BCUT2D eigenvalue weighted by Gasteiger charge is -2.10. The molecule has 1 aromatic rings. The Kier molecular flexibility index (Phi) is 5.99. The SMILES string of the molecule is COc1ccc(CN=C(N)NCC(C)C)cc1OC. The van der Waals surface area contributed by atoms with Crippen molar-refractivity contribution < 1.29 is 9.47 Å². The molecule has 0 amide bonds. The zero-order valence-electron chi connectivity index (χ0n) is 12.1. The highest BCUT2D eigenvalue weighted by atomic mass is 16.5. The summed E-state index contributed by atoms with van der Waals surface area (Å²) in [5, 5.41) is 3.08. The van der Waals surface area contributed by atoms with Gasteiger partial charge < -0.3 is 20.5 Å². The van der Waals surface area contributed by atoms with Crippen LogP contribution in [0, 0.1) is 5.92 Å². The summed E-state index contributed by atoms with van der Waals surface area (Å²) in [6, 6.07) is 5.71. The van der Waals surface area contributed by atoms with E-state index in [1.807, 2.05) is 18.2 Å². The van der Waals surface area contributed by atoms with E-state index in [2.05, 4.69) is 24.2 Å². The summed E-state index contributed by atoms with van der Waals surface area (Å²) < 4.78 is 10.4. The third kappa shape index (κ3) is 5.07. The summed E-state index contributed by atoms with van der Waals surface area (Å²) in [6.45, 7) is 5.57. The summed E-state index contributed by atoms with van der Waals surface area (Å²) in [7, 11) is 3.23. The minimum atomic E-state index is 0.462. The van der Waals surface area contributed by atoms with Crippen molar-refractivity contribution in [2.45, 2.75) is 20.4 Å². The van der Waals surface area contributed by atoms with Crippen LogP contribution in [0.1, 0.15) is 19.4 Å². The highest BCUT2D eigenvalue weighted by molar-refractivity contribution is 5.77. The highest BCUT2D eigenvalue weighted by Crippen LogP contribution is 2.27.